The Kier molecular flexibility index (Phi) is 4.80. The molecular weight excluding hydrogens is 280 g/mol. The summed E-state index contributed by atoms with van der Waals surface area (Å²) in [4.78, 5) is 23.2. The van der Waals surface area contributed by atoms with Crippen LogP contribution in [0, 0.1) is 11.8 Å². The van der Waals surface area contributed by atoms with Crippen molar-refractivity contribution in [1.82, 2.24) is 10.9 Å². The minimum atomic E-state index is -2.96. The summed E-state index contributed by atoms with van der Waals surface area (Å²) in [5, 5.41) is 0. The van der Waals surface area contributed by atoms with Crippen LogP contribution in [0.4, 0.5) is 0 Å². The van der Waals surface area contributed by atoms with E-state index < -0.39 is 9.84 Å². The molecule has 2 unspecified atom stereocenters. The van der Waals surface area contributed by atoms with E-state index >= 15 is 0 Å². The van der Waals surface area contributed by atoms with Crippen molar-refractivity contribution >= 4 is 21.7 Å². The fraction of sp³-hybridized carbons (Fsp3) is 0.692. The molecule has 112 valence electrons. The molecule has 0 aromatic heterocycles. The monoisotopic (exact) mass is 300 g/mol. The van der Waals surface area contributed by atoms with Crippen LogP contribution in [0.15, 0.2) is 12.2 Å². The first-order valence-corrected chi connectivity index (χ1v) is 8.71. The number of carbonyl (C=O) groups is 2. The first kappa shape index (κ1) is 15.0. The zero-order chi connectivity index (χ0) is 14.6. The van der Waals surface area contributed by atoms with Gasteiger partial charge in [-0.15, -0.1) is 0 Å². The lowest BCUT2D eigenvalue weighted by atomic mass is 10.1. The first-order chi connectivity index (χ1) is 9.44. The molecule has 0 radical (unpaired) electrons. The Morgan fingerprint density at radius 2 is 1.80 bits per heavy atom. The standard InChI is InChI=1S/C13H20N2O4S/c16-12(7-10-3-1-2-4-10)14-15-13(17)8-11-5-6-20(18,19)9-11/h1,3,10-11H,2,4-9H2,(H,14,16)(H,15,17). The van der Waals surface area contributed by atoms with Gasteiger partial charge in [-0.1, -0.05) is 12.2 Å². The normalized spacial score (nSPS) is 27.4. The minimum absolute atomic E-state index is 0.0707. The SMILES string of the molecule is O=C(CC1C=CCC1)NNC(=O)CC1CCS(=O)(=O)C1. The van der Waals surface area contributed by atoms with Gasteiger partial charge < -0.3 is 0 Å². The zero-order valence-corrected chi connectivity index (χ0v) is 12.1. The number of sulfone groups is 1. The lowest BCUT2D eigenvalue weighted by Crippen LogP contribution is -2.42. The van der Waals surface area contributed by atoms with Crippen LogP contribution in [0.1, 0.15) is 32.1 Å². The molecule has 0 spiro atoms. The number of rotatable bonds is 4. The van der Waals surface area contributed by atoms with Crippen molar-refractivity contribution in [3.63, 3.8) is 0 Å². The van der Waals surface area contributed by atoms with Crippen molar-refractivity contribution in [2.24, 2.45) is 11.8 Å². The Bertz CT molecular complexity index is 512. The summed E-state index contributed by atoms with van der Waals surface area (Å²) in [6.07, 6.45) is 7.08. The molecule has 20 heavy (non-hydrogen) atoms. The van der Waals surface area contributed by atoms with Crippen molar-refractivity contribution in [3.05, 3.63) is 12.2 Å². The third-order valence-electron chi connectivity index (χ3n) is 3.70. The Labute approximate surface area is 118 Å². The maximum Gasteiger partial charge on any atom is 0.238 e. The lowest BCUT2D eigenvalue weighted by Gasteiger charge is -2.11. The van der Waals surface area contributed by atoms with Gasteiger partial charge in [0.15, 0.2) is 9.84 Å². The van der Waals surface area contributed by atoms with Crippen molar-refractivity contribution < 1.29 is 18.0 Å². The van der Waals surface area contributed by atoms with Crippen LogP contribution in [-0.4, -0.2) is 31.7 Å². The number of hydrazine groups is 1. The van der Waals surface area contributed by atoms with Gasteiger partial charge in [-0.05, 0) is 31.1 Å². The summed E-state index contributed by atoms with van der Waals surface area (Å²) in [7, 11) is -2.96. The summed E-state index contributed by atoms with van der Waals surface area (Å²) in [5.74, 6) is -0.190. The van der Waals surface area contributed by atoms with E-state index in [2.05, 4.69) is 16.9 Å². The molecule has 2 amide bonds. The molecule has 7 heteroatoms. The molecule has 1 aliphatic heterocycles. The average molecular weight is 300 g/mol. The number of hydrogen-bond donors (Lipinski definition) is 2. The molecular formula is C13H20N2O4S. The summed E-state index contributed by atoms with van der Waals surface area (Å²) < 4.78 is 22.5. The number of carbonyl (C=O) groups excluding carboxylic acids is 2. The molecule has 1 saturated heterocycles. The topological polar surface area (TPSA) is 92.3 Å². The third-order valence-corrected chi connectivity index (χ3v) is 5.54. The van der Waals surface area contributed by atoms with Crippen molar-refractivity contribution in [1.29, 1.82) is 0 Å². The van der Waals surface area contributed by atoms with E-state index in [0.29, 0.717) is 12.8 Å². The van der Waals surface area contributed by atoms with Crippen LogP contribution in [-0.2, 0) is 19.4 Å². The second-order valence-electron chi connectivity index (χ2n) is 5.54. The highest BCUT2D eigenvalue weighted by molar-refractivity contribution is 7.91. The second-order valence-corrected chi connectivity index (χ2v) is 7.77. The van der Waals surface area contributed by atoms with Crippen molar-refractivity contribution in [2.45, 2.75) is 32.1 Å². The highest BCUT2D eigenvalue weighted by Gasteiger charge is 2.29. The molecule has 2 rings (SSSR count). The van der Waals surface area contributed by atoms with E-state index in [1.54, 1.807) is 0 Å². The van der Waals surface area contributed by atoms with E-state index in [4.69, 9.17) is 0 Å². The fourth-order valence-corrected chi connectivity index (χ4v) is 4.50. The molecule has 2 N–H and O–H groups in total. The Balaban J connectivity index is 1.65. The van der Waals surface area contributed by atoms with Gasteiger partial charge in [-0.3, -0.25) is 20.4 Å². The van der Waals surface area contributed by atoms with Crippen molar-refractivity contribution in [3.8, 4) is 0 Å². The number of hydrogen-bond acceptors (Lipinski definition) is 4. The largest absolute Gasteiger partial charge is 0.273 e. The highest BCUT2D eigenvalue weighted by atomic mass is 32.2. The van der Waals surface area contributed by atoms with Gasteiger partial charge in [-0.25, -0.2) is 8.42 Å². The van der Waals surface area contributed by atoms with Gasteiger partial charge in [0.25, 0.3) is 0 Å². The predicted molar refractivity (Wildman–Crippen MR) is 74.1 cm³/mol. The van der Waals surface area contributed by atoms with E-state index in [-0.39, 0.29) is 41.6 Å². The molecule has 2 atom stereocenters. The first-order valence-electron chi connectivity index (χ1n) is 6.89. The van der Waals surface area contributed by atoms with Gasteiger partial charge >= 0.3 is 0 Å². The maximum atomic E-state index is 11.6. The van der Waals surface area contributed by atoms with E-state index in [1.807, 2.05) is 6.08 Å². The molecule has 1 heterocycles. The van der Waals surface area contributed by atoms with E-state index in [9.17, 15) is 18.0 Å². The van der Waals surface area contributed by atoms with Gasteiger partial charge in [-0.2, -0.15) is 0 Å². The molecule has 0 aromatic rings. The van der Waals surface area contributed by atoms with Crippen LogP contribution in [0.3, 0.4) is 0 Å². The van der Waals surface area contributed by atoms with Gasteiger partial charge in [0.1, 0.15) is 0 Å². The molecule has 0 aromatic carbocycles. The van der Waals surface area contributed by atoms with Crippen LogP contribution >= 0.6 is 0 Å². The summed E-state index contributed by atoms with van der Waals surface area (Å²) >= 11 is 0. The Hall–Kier alpha value is -1.37. The Morgan fingerprint density at radius 3 is 2.35 bits per heavy atom. The second kappa shape index (κ2) is 6.39. The van der Waals surface area contributed by atoms with Gasteiger partial charge in [0.2, 0.25) is 11.8 Å². The third kappa shape index (κ3) is 4.63. The summed E-state index contributed by atoms with van der Waals surface area (Å²) in [6, 6.07) is 0. The molecule has 1 aliphatic carbocycles. The lowest BCUT2D eigenvalue weighted by molar-refractivity contribution is -0.129. The zero-order valence-electron chi connectivity index (χ0n) is 11.3. The number of nitrogens with one attached hydrogen (secondary N) is 2. The van der Waals surface area contributed by atoms with Crippen molar-refractivity contribution in [2.75, 3.05) is 11.5 Å². The Morgan fingerprint density at radius 1 is 1.10 bits per heavy atom. The van der Waals surface area contributed by atoms with E-state index in [1.165, 1.54) is 0 Å². The van der Waals surface area contributed by atoms with E-state index in [0.717, 1.165) is 12.8 Å². The summed E-state index contributed by atoms with van der Waals surface area (Å²) in [6.45, 7) is 0. The molecule has 0 saturated carbocycles. The number of amides is 2. The predicted octanol–water partition coefficient (Wildman–Crippen LogP) is 0.315. The highest BCUT2D eigenvalue weighted by Crippen LogP contribution is 2.21. The van der Waals surface area contributed by atoms with Gasteiger partial charge in [0.05, 0.1) is 11.5 Å². The fourth-order valence-electron chi connectivity index (χ4n) is 2.64. The van der Waals surface area contributed by atoms with Gasteiger partial charge in [0, 0.05) is 12.8 Å². The number of allylic oxidation sites excluding steroid dienone is 2. The van der Waals surface area contributed by atoms with Crippen LogP contribution in [0.25, 0.3) is 0 Å². The molecule has 6 nitrogen and oxygen atoms in total. The smallest absolute Gasteiger partial charge is 0.238 e. The van der Waals surface area contributed by atoms with Crippen LogP contribution in [0.2, 0.25) is 0 Å². The van der Waals surface area contributed by atoms with Crippen LogP contribution in [0.5, 0.6) is 0 Å². The quantitative estimate of drug-likeness (QED) is 0.577. The average Bonchev–Trinajstić information content (AvgIpc) is 2.97. The molecule has 1 fully saturated rings. The summed E-state index contributed by atoms with van der Waals surface area (Å²) in [5.41, 5.74) is 4.74. The maximum absolute atomic E-state index is 11.6. The minimum Gasteiger partial charge on any atom is -0.273 e. The van der Waals surface area contributed by atoms with Crippen LogP contribution < -0.4 is 10.9 Å². The molecule has 0 bridgehead atoms. The molecule has 2 aliphatic rings.